The molecule has 0 spiro atoms. The Bertz CT molecular complexity index is 422. The summed E-state index contributed by atoms with van der Waals surface area (Å²) in [5, 5.41) is 3.83. The van der Waals surface area contributed by atoms with Crippen molar-refractivity contribution in [2.45, 2.75) is 64.3 Å². The molecule has 2 aliphatic rings. The van der Waals surface area contributed by atoms with Gasteiger partial charge in [-0.15, -0.1) is 0 Å². The van der Waals surface area contributed by atoms with Gasteiger partial charge in [-0.3, -0.25) is 0 Å². The Balaban J connectivity index is 1.47. The number of aryl methyl sites for hydroxylation is 1. The highest BCUT2D eigenvalue weighted by molar-refractivity contribution is 5.31. The normalized spacial score (nSPS) is 28.5. The summed E-state index contributed by atoms with van der Waals surface area (Å²) in [4.78, 5) is 0. The summed E-state index contributed by atoms with van der Waals surface area (Å²) in [5.41, 5.74) is 3.71. The van der Waals surface area contributed by atoms with Gasteiger partial charge in [0.1, 0.15) is 0 Å². The van der Waals surface area contributed by atoms with Gasteiger partial charge < -0.3 is 5.32 Å². The van der Waals surface area contributed by atoms with Crippen molar-refractivity contribution in [1.29, 1.82) is 0 Å². The van der Waals surface area contributed by atoms with E-state index in [0.717, 1.165) is 12.0 Å². The van der Waals surface area contributed by atoms with Gasteiger partial charge in [0.15, 0.2) is 0 Å². The van der Waals surface area contributed by atoms with Crippen molar-refractivity contribution in [3.8, 4) is 0 Å². The number of rotatable bonds is 5. The molecule has 0 aliphatic heterocycles. The van der Waals surface area contributed by atoms with Crippen LogP contribution in [-0.4, -0.2) is 12.6 Å². The highest BCUT2D eigenvalue weighted by Crippen LogP contribution is 2.44. The first-order valence-electron chi connectivity index (χ1n) is 8.01. The lowest BCUT2D eigenvalue weighted by atomic mass is 9.66. The zero-order valence-corrected chi connectivity index (χ0v) is 12.4. The molecule has 0 saturated heterocycles. The van der Waals surface area contributed by atoms with Crippen molar-refractivity contribution in [3.63, 3.8) is 0 Å². The summed E-state index contributed by atoms with van der Waals surface area (Å²) < 4.78 is 0. The minimum atomic E-state index is 0.660. The zero-order chi connectivity index (χ0) is 13.3. The second-order valence-electron chi connectivity index (χ2n) is 6.81. The Hall–Kier alpha value is -0.820. The predicted octanol–water partition coefficient (Wildman–Crippen LogP) is 4.41. The first-order valence-corrected chi connectivity index (χ1v) is 8.01. The molecule has 2 aliphatic carbocycles. The van der Waals surface area contributed by atoms with E-state index in [-0.39, 0.29) is 0 Å². The summed E-state index contributed by atoms with van der Waals surface area (Å²) >= 11 is 0. The smallest absolute Gasteiger partial charge is 0.00789 e. The van der Waals surface area contributed by atoms with E-state index >= 15 is 0 Å². The number of hydrogen-bond donors (Lipinski definition) is 1. The Morgan fingerprint density at radius 3 is 2.53 bits per heavy atom. The van der Waals surface area contributed by atoms with Crippen LogP contribution in [0.2, 0.25) is 0 Å². The molecule has 3 rings (SSSR count). The Labute approximate surface area is 117 Å². The molecule has 2 fully saturated rings. The summed E-state index contributed by atoms with van der Waals surface area (Å²) in [7, 11) is 0. The van der Waals surface area contributed by atoms with Crippen molar-refractivity contribution in [3.05, 3.63) is 35.4 Å². The van der Waals surface area contributed by atoms with Crippen LogP contribution in [0.1, 0.15) is 62.5 Å². The fourth-order valence-corrected chi connectivity index (χ4v) is 3.78. The third-order valence-electron chi connectivity index (χ3n) is 5.70. The van der Waals surface area contributed by atoms with Crippen molar-refractivity contribution in [1.82, 2.24) is 5.32 Å². The Morgan fingerprint density at radius 1 is 1.21 bits per heavy atom. The monoisotopic (exact) mass is 257 g/mol. The van der Waals surface area contributed by atoms with Gasteiger partial charge in [0.05, 0.1) is 0 Å². The SMILES string of the molecule is CCC1(CNC2CC(c3ccccc3C)C2)CCC1. The van der Waals surface area contributed by atoms with Crippen LogP contribution in [0.5, 0.6) is 0 Å². The topological polar surface area (TPSA) is 12.0 Å². The maximum atomic E-state index is 3.83. The Kier molecular flexibility index (Phi) is 3.66. The van der Waals surface area contributed by atoms with Crippen LogP contribution >= 0.6 is 0 Å². The molecule has 0 radical (unpaired) electrons. The largest absolute Gasteiger partial charge is 0.313 e. The Morgan fingerprint density at radius 2 is 1.95 bits per heavy atom. The highest BCUT2D eigenvalue weighted by atomic mass is 14.9. The second kappa shape index (κ2) is 5.28. The van der Waals surface area contributed by atoms with Crippen molar-refractivity contribution < 1.29 is 0 Å². The zero-order valence-electron chi connectivity index (χ0n) is 12.4. The third-order valence-corrected chi connectivity index (χ3v) is 5.70. The van der Waals surface area contributed by atoms with E-state index in [1.807, 2.05) is 0 Å². The molecule has 1 N–H and O–H groups in total. The summed E-state index contributed by atoms with van der Waals surface area (Å²) in [6.45, 7) is 5.86. The van der Waals surface area contributed by atoms with Gasteiger partial charge in [0.25, 0.3) is 0 Å². The van der Waals surface area contributed by atoms with Gasteiger partial charge in [-0.05, 0) is 61.5 Å². The van der Waals surface area contributed by atoms with Crippen LogP contribution in [0.3, 0.4) is 0 Å². The van der Waals surface area contributed by atoms with E-state index < -0.39 is 0 Å². The van der Waals surface area contributed by atoms with Gasteiger partial charge in [-0.25, -0.2) is 0 Å². The fourth-order valence-electron chi connectivity index (χ4n) is 3.78. The molecule has 1 heteroatoms. The standard InChI is InChI=1S/C18H27N/c1-3-18(9-6-10-18)13-19-16-11-15(12-16)17-8-5-4-7-14(17)2/h4-5,7-8,15-16,19H,3,6,9-13H2,1-2H3. The van der Waals surface area contributed by atoms with Gasteiger partial charge >= 0.3 is 0 Å². The van der Waals surface area contributed by atoms with Crippen molar-refractivity contribution in [2.24, 2.45) is 5.41 Å². The maximum Gasteiger partial charge on any atom is 0.00789 e. The molecule has 0 atom stereocenters. The first kappa shape index (κ1) is 13.2. The molecule has 104 valence electrons. The molecule has 0 aromatic heterocycles. The lowest BCUT2D eigenvalue weighted by Crippen LogP contribution is -2.47. The second-order valence-corrected chi connectivity index (χ2v) is 6.81. The average Bonchev–Trinajstić information content (AvgIpc) is 2.32. The molecule has 2 saturated carbocycles. The van der Waals surface area contributed by atoms with E-state index in [0.29, 0.717) is 5.41 Å². The van der Waals surface area contributed by atoms with Crippen molar-refractivity contribution >= 4 is 0 Å². The fraction of sp³-hybridized carbons (Fsp3) is 0.667. The summed E-state index contributed by atoms with van der Waals surface area (Å²) in [6.07, 6.45) is 8.38. The van der Waals surface area contributed by atoms with Gasteiger partial charge in [0, 0.05) is 12.6 Å². The molecule has 1 aromatic rings. The first-order chi connectivity index (χ1) is 9.22. The van der Waals surface area contributed by atoms with Crippen LogP contribution in [0.15, 0.2) is 24.3 Å². The van der Waals surface area contributed by atoms with Gasteiger partial charge in [-0.1, -0.05) is 37.6 Å². The van der Waals surface area contributed by atoms with Crippen LogP contribution in [0.25, 0.3) is 0 Å². The summed E-state index contributed by atoms with van der Waals surface area (Å²) in [5.74, 6) is 0.803. The lowest BCUT2D eigenvalue weighted by molar-refractivity contribution is 0.109. The van der Waals surface area contributed by atoms with E-state index in [1.165, 1.54) is 50.6 Å². The number of nitrogens with one attached hydrogen (secondary N) is 1. The molecule has 0 heterocycles. The molecule has 1 nitrogen and oxygen atoms in total. The molecule has 1 aromatic carbocycles. The van der Waals surface area contributed by atoms with Gasteiger partial charge in [-0.2, -0.15) is 0 Å². The van der Waals surface area contributed by atoms with Crippen LogP contribution in [0.4, 0.5) is 0 Å². The number of benzene rings is 1. The predicted molar refractivity (Wildman–Crippen MR) is 81.5 cm³/mol. The van der Waals surface area contributed by atoms with Crippen LogP contribution in [0, 0.1) is 12.3 Å². The van der Waals surface area contributed by atoms with E-state index in [2.05, 4.69) is 43.4 Å². The molecular formula is C18H27N. The minimum absolute atomic E-state index is 0.660. The van der Waals surface area contributed by atoms with E-state index in [4.69, 9.17) is 0 Å². The number of hydrogen-bond acceptors (Lipinski definition) is 1. The molecular weight excluding hydrogens is 230 g/mol. The minimum Gasteiger partial charge on any atom is -0.313 e. The highest BCUT2D eigenvalue weighted by Gasteiger charge is 2.37. The van der Waals surface area contributed by atoms with Gasteiger partial charge in [0.2, 0.25) is 0 Å². The average molecular weight is 257 g/mol. The summed E-state index contributed by atoms with van der Waals surface area (Å²) in [6, 6.07) is 9.67. The van der Waals surface area contributed by atoms with E-state index in [1.54, 1.807) is 5.56 Å². The quantitative estimate of drug-likeness (QED) is 0.824. The molecule has 0 unspecified atom stereocenters. The lowest BCUT2D eigenvalue weighted by Gasteiger charge is -2.45. The molecule has 0 amide bonds. The van der Waals surface area contributed by atoms with Crippen LogP contribution in [-0.2, 0) is 0 Å². The molecule has 19 heavy (non-hydrogen) atoms. The van der Waals surface area contributed by atoms with Crippen molar-refractivity contribution in [2.75, 3.05) is 6.54 Å². The third kappa shape index (κ3) is 2.58. The maximum absolute atomic E-state index is 3.83. The van der Waals surface area contributed by atoms with E-state index in [9.17, 15) is 0 Å². The van der Waals surface area contributed by atoms with Crippen LogP contribution < -0.4 is 5.32 Å². The molecule has 0 bridgehead atoms.